The van der Waals surface area contributed by atoms with Gasteiger partial charge in [-0.3, -0.25) is 0 Å². The summed E-state index contributed by atoms with van der Waals surface area (Å²) in [6.07, 6.45) is 0. The third-order valence-electron chi connectivity index (χ3n) is 0.990. The van der Waals surface area contributed by atoms with Crippen molar-refractivity contribution in [1.29, 1.82) is 0 Å². The zero-order valence-corrected chi connectivity index (χ0v) is 9.30. The van der Waals surface area contributed by atoms with Gasteiger partial charge in [0.15, 0.2) is 11.6 Å². The minimum atomic E-state index is -1.20. The molecule has 0 spiro atoms. The van der Waals surface area contributed by atoms with Crippen LogP contribution in [0.5, 0.6) is 0 Å². The zero-order valence-electron chi connectivity index (χ0n) is 5.44. The summed E-state index contributed by atoms with van der Waals surface area (Å²) in [7, 11) is 0. The molecule has 0 aliphatic rings. The topological polar surface area (TPSA) is 0 Å². The summed E-state index contributed by atoms with van der Waals surface area (Å²) in [5, 5.41) is 0. The van der Waals surface area contributed by atoms with E-state index in [1.807, 2.05) is 0 Å². The summed E-state index contributed by atoms with van der Waals surface area (Å²) in [5.74, 6) is -3.15. The predicted octanol–water partition coefficient (Wildman–Crippen LogP) is 2.39. The average molecular weight is 230 g/mol. The molecule has 0 N–H and O–H groups in total. The quantitative estimate of drug-likeness (QED) is 0.394. The first-order valence-corrected chi connectivity index (χ1v) is 2.89. The summed E-state index contributed by atoms with van der Waals surface area (Å²) < 4.78 is 36.6. The fraction of sp³-hybridized carbons (Fsp3) is 0. The molecule has 0 amide bonds. The Balaban J connectivity index is 0.000001000. The van der Waals surface area contributed by atoms with Crippen LogP contribution in [-0.2, 0) is 19.5 Å². The van der Waals surface area contributed by atoms with Crippen molar-refractivity contribution in [2.24, 2.45) is 0 Å². The van der Waals surface area contributed by atoms with Crippen LogP contribution in [-0.4, -0.2) is 0 Å². The maximum Gasteiger partial charge on any atom is 0.161 e. The molecule has 56 valence electrons. The van der Waals surface area contributed by atoms with Crippen LogP contribution in [0.3, 0.4) is 0 Å². The van der Waals surface area contributed by atoms with Crippen LogP contribution in [0.15, 0.2) is 17.0 Å². The van der Waals surface area contributed by atoms with E-state index >= 15 is 0 Å². The Kier molecular flexibility index (Phi) is 4.11. The summed E-state index contributed by atoms with van der Waals surface area (Å²) in [6, 6.07) is 1.14. The molecule has 0 fully saturated rings. The molecule has 0 radical (unpaired) electrons. The number of hydrogen-bond donors (Lipinski definition) is 1. The van der Waals surface area contributed by atoms with Crippen molar-refractivity contribution in [3.05, 3.63) is 29.6 Å². The van der Waals surface area contributed by atoms with Crippen LogP contribution in [0.2, 0.25) is 0 Å². The van der Waals surface area contributed by atoms with Gasteiger partial charge in [-0.25, -0.2) is 13.2 Å². The van der Waals surface area contributed by atoms with Crippen molar-refractivity contribution in [3.8, 4) is 0 Å². The molecule has 1 aromatic rings. The maximum absolute atomic E-state index is 12.3. The van der Waals surface area contributed by atoms with Gasteiger partial charge in [-0.05, 0) is 6.07 Å². The van der Waals surface area contributed by atoms with Crippen molar-refractivity contribution in [2.75, 3.05) is 0 Å². The normalized spacial score (nSPS) is 9.09. The largest absolute Gasteiger partial charge is 0.206 e. The molecule has 0 heterocycles. The van der Waals surface area contributed by atoms with Gasteiger partial charge in [0.05, 0.1) is 0 Å². The van der Waals surface area contributed by atoms with E-state index in [1.165, 1.54) is 0 Å². The molecular formula is C6H3F3SZn. The fourth-order valence-corrected chi connectivity index (χ4v) is 0.690. The molecule has 0 atom stereocenters. The Labute approximate surface area is 80.0 Å². The van der Waals surface area contributed by atoms with E-state index in [4.69, 9.17) is 0 Å². The average Bonchev–Trinajstić information content (AvgIpc) is 1.84. The van der Waals surface area contributed by atoms with E-state index in [0.29, 0.717) is 12.1 Å². The van der Waals surface area contributed by atoms with Gasteiger partial charge in [-0.1, -0.05) is 0 Å². The number of rotatable bonds is 0. The van der Waals surface area contributed by atoms with Crippen LogP contribution in [0, 0.1) is 17.5 Å². The Bertz CT molecular complexity index is 214. The molecule has 0 saturated carbocycles. The Morgan fingerprint density at radius 1 is 0.909 bits per heavy atom. The summed E-state index contributed by atoms with van der Waals surface area (Å²) in [6.45, 7) is 0. The number of thiol groups is 1. The van der Waals surface area contributed by atoms with Crippen LogP contribution in [0.1, 0.15) is 0 Å². The molecule has 0 saturated heterocycles. The molecule has 0 aliphatic heterocycles. The van der Waals surface area contributed by atoms with E-state index in [0.717, 1.165) is 0 Å². The number of halogens is 3. The van der Waals surface area contributed by atoms with Gasteiger partial charge in [0.1, 0.15) is 5.82 Å². The third-order valence-corrected chi connectivity index (χ3v) is 1.33. The fourth-order valence-electron chi connectivity index (χ4n) is 0.512. The standard InChI is InChI=1S/C6H3F3S.Zn/c7-3-1-5(9)6(10)2-4(3)8;/h1-2,10H;. The molecule has 0 aliphatic carbocycles. The monoisotopic (exact) mass is 228 g/mol. The second-order valence-corrected chi connectivity index (χ2v) is 2.20. The van der Waals surface area contributed by atoms with E-state index < -0.39 is 17.5 Å². The van der Waals surface area contributed by atoms with Gasteiger partial charge in [0.25, 0.3) is 0 Å². The molecule has 0 nitrogen and oxygen atoms in total. The van der Waals surface area contributed by atoms with Crippen LogP contribution in [0.4, 0.5) is 13.2 Å². The van der Waals surface area contributed by atoms with Crippen molar-refractivity contribution in [2.45, 2.75) is 4.90 Å². The predicted molar refractivity (Wildman–Crippen MR) is 33.6 cm³/mol. The second-order valence-electron chi connectivity index (χ2n) is 1.72. The Morgan fingerprint density at radius 2 is 1.36 bits per heavy atom. The first-order chi connectivity index (χ1) is 4.61. The van der Waals surface area contributed by atoms with E-state index in [9.17, 15) is 13.2 Å². The van der Waals surface area contributed by atoms with Gasteiger partial charge in [-0.15, -0.1) is 12.6 Å². The van der Waals surface area contributed by atoms with Crippen molar-refractivity contribution in [1.82, 2.24) is 0 Å². The maximum atomic E-state index is 12.3. The van der Waals surface area contributed by atoms with Gasteiger partial charge >= 0.3 is 0 Å². The van der Waals surface area contributed by atoms with E-state index in [2.05, 4.69) is 12.6 Å². The molecular weight excluding hydrogens is 227 g/mol. The van der Waals surface area contributed by atoms with Crippen LogP contribution < -0.4 is 0 Å². The van der Waals surface area contributed by atoms with E-state index in [1.54, 1.807) is 0 Å². The van der Waals surface area contributed by atoms with Crippen LogP contribution >= 0.6 is 12.6 Å². The third kappa shape index (κ3) is 2.49. The summed E-state index contributed by atoms with van der Waals surface area (Å²) in [5.41, 5.74) is 0. The van der Waals surface area contributed by atoms with Crippen LogP contribution in [0.25, 0.3) is 0 Å². The van der Waals surface area contributed by atoms with Crippen molar-refractivity contribution in [3.63, 3.8) is 0 Å². The van der Waals surface area contributed by atoms with Gasteiger partial charge < -0.3 is 0 Å². The SMILES string of the molecule is Fc1cc(F)c(S)cc1F.[Zn]. The smallest absolute Gasteiger partial charge is 0.161 e. The Hall–Kier alpha value is -0.0166. The zero-order chi connectivity index (χ0) is 7.72. The second kappa shape index (κ2) is 4.12. The molecule has 0 unspecified atom stereocenters. The molecule has 5 heteroatoms. The summed E-state index contributed by atoms with van der Waals surface area (Å²) >= 11 is 3.53. The molecule has 0 bridgehead atoms. The minimum absolute atomic E-state index is 0. The van der Waals surface area contributed by atoms with Gasteiger partial charge in [0.2, 0.25) is 0 Å². The summed E-state index contributed by atoms with van der Waals surface area (Å²) in [4.78, 5) is -0.195. The van der Waals surface area contributed by atoms with Gasteiger partial charge in [-0.2, -0.15) is 0 Å². The molecule has 11 heavy (non-hydrogen) atoms. The Morgan fingerprint density at radius 3 is 1.82 bits per heavy atom. The van der Waals surface area contributed by atoms with Crippen molar-refractivity contribution < 1.29 is 32.6 Å². The molecule has 1 aromatic carbocycles. The van der Waals surface area contributed by atoms with E-state index in [-0.39, 0.29) is 24.4 Å². The number of benzene rings is 1. The molecule has 0 aromatic heterocycles. The minimum Gasteiger partial charge on any atom is -0.206 e. The van der Waals surface area contributed by atoms with Gasteiger partial charge in [0, 0.05) is 30.4 Å². The first kappa shape index (κ1) is 11.0. The van der Waals surface area contributed by atoms with Crippen molar-refractivity contribution >= 4 is 12.6 Å². The molecule has 1 rings (SSSR count). The number of hydrogen-bond acceptors (Lipinski definition) is 1. The first-order valence-electron chi connectivity index (χ1n) is 2.45.